The molecule has 2 heterocycles. The molecule has 0 saturated carbocycles. The Morgan fingerprint density at radius 2 is 1.56 bits per heavy atom. The molecule has 0 radical (unpaired) electrons. The van der Waals surface area contributed by atoms with Crippen LogP contribution < -0.4 is 10.0 Å². The molecule has 0 spiro atoms. The van der Waals surface area contributed by atoms with Gasteiger partial charge in [0.15, 0.2) is 11.0 Å². The SMILES string of the molecule is Cc1nn(C)c(C)c1NS(=O)c1ccc(NCC(c2ccccc2)c2ccccc2)nc1. The van der Waals surface area contributed by atoms with Crippen molar-refractivity contribution in [3.8, 4) is 0 Å². The number of anilines is 2. The standard InChI is InChI=1S/C25H27N5OS/c1-18-25(19(2)30(3)28-18)29-32(31)22-14-15-24(26-16-22)27-17-23(20-10-6-4-7-11-20)21-12-8-5-9-13-21/h4-16,23,29H,17H2,1-3H3,(H,26,27). The molecule has 0 aliphatic carbocycles. The smallest absolute Gasteiger partial charge is 0.151 e. The second-order valence-corrected chi connectivity index (χ2v) is 8.89. The van der Waals surface area contributed by atoms with Crippen LogP contribution in [0.15, 0.2) is 83.9 Å². The van der Waals surface area contributed by atoms with Crippen molar-refractivity contribution in [1.29, 1.82) is 0 Å². The highest BCUT2D eigenvalue weighted by molar-refractivity contribution is 7.86. The lowest BCUT2D eigenvalue weighted by molar-refractivity contribution is 0.686. The van der Waals surface area contributed by atoms with Crippen molar-refractivity contribution < 1.29 is 4.21 Å². The average molecular weight is 446 g/mol. The third kappa shape index (κ3) is 4.89. The molecule has 1 atom stereocenters. The van der Waals surface area contributed by atoms with Gasteiger partial charge in [-0.05, 0) is 37.1 Å². The molecule has 2 aromatic carbocycles. The second kappa shape index (κ2) is 9.78. The van der Waals surface area contributed by atoms with Crippen LogP contribution in [0.1, 0.15) is 28.4 Å². The van der Waals surface area contributed by atoms with Gasteiger partial charge in [0.25, 0.3) is 0 Å². The summed E-state index contributed by atoms with van der Waals surface area (Å²) in [5.41, 5.74) is 5.04. The van der Waals surface area contributed by atoms with Gasteiger partial charge in [-0.3, -0.25) is 9.40 Å². The van der Waals surface area contributed by atoms with E-state index in [1.165, 1.54) is 11.1 Å². The number of pyridine rings is 1. The molecule has 0 aliphatic rings. The zero-order valence-electron chi connectivity index (χ0n) is 18.4. The Hall–Kier alpha value is -3.45. The van der Waals surface area contributed by atoms with Gasteiger partial charge in [0.2, 0.25) is 0 Å². The minimum absolute atomic E-state index is 0.200. The average Bonchev–Trinajstić information content (AvgIpc) is 3.07. The van der Waals surface area contributed by atoms with Crippen LogP contribution in [0, 0.1) is 13.8 Å². The van der Waals surface area contributed by atoms with Crippen LogP contribution in [-0.4, -0.2) is 25.5 Å². The molecule has 32 heavy (non-hydrogen) atoms. The zero-order valence-corrected chi connectivity index (χ0v) is 19.3. The minimum Gasteiger partial charge on any atom is -0.369 e. The molecule has 0 fully saturated rings. The number of benzene rings is 2. The highest BCUT2D eigenvalue weighted by Crippen LogP contribution is 2.25. The first-order valence-electron chi connectivity index (χ1n) is 10.5. The van der Waals surface area contributed by atoms with Gasteiger partial charge < -0.3 is 5.32 Å². The largest absolute Gasteiger partial charge is 0.369 e. The van der Waals surface area contributed by atoms with E-state index in [0.29, 0.717) is 11.4 Å². The molecular formula is C25H27N5OS. The van der Waals surface area contributed by atoms with E-state index in [4.69, 9.17) is 0 Å². The van der Waals surface area contributed by atoms with Crippen molar-refractivity contribution in [3.63, 3.8) is 0 Å². The fraction of sp³-hybridized carbons (Fsp3) is 0.200. The van der Waals surface area contributed by atoms with E-state index in [9.17, 15) is 4.21 Å². The van der Waals surface area contributed by atoms with Gasteiger partial charge in [0, 0.05) is 25.7 Å². The van der Waals surface area contributed by atoms with Crippen LogP contribution in [-0.2, 0) is 18.0 Å². The maximum absolute atomic E-state index is 12.8. The molecule has 0 aliphatic heterocycles. The molecule has 1 unspecified atom stereocenters. The summed E-state index contributed by atoms with van der Waals surface area (Å²) >= 11 is 0. The van der Waals surface area contributed by atoms with Gasteiger partial charge in [0.1, 0.15) is 5.82 Å². The summed E-state index contributed by atoms with van der Waals surface area (Å²) in [4.78, 5) is 5.10. The van der Waals surface area contributed by atoms with E-state index in [1.54, 1.807) is 10.9 Å². The molecule has 4 aromatic rings. The van der Waals surface area contributed by atoms with E-state index in [-0.39, 0.29) is 5.92 Å². The number of rotatable bonds is 8. The zero-order chi connectivity index (χ0) is 22.5. The van der Waals surface area contributed by atoms with E-state index in [2.05, 4.69) is 68.7 Å². The summed E-state index contributed by atoms with van der Waals surface area (Å²) < 4.78 is 17.6. The molecule has 7 heteroatoms. The molecular weight excluding hydrogens is 418 g/mol. The third-order valence-corrected chi connectivity index (χ3v) is 6.60. The first-order valence-corrected chi connectivity index (χ1v) is 11.7. The third-order valence-electron chi connectivity index (χ3n) is 5.55. The van der Waals surface area contributed by atoms with E-state index in [0.717, 1.165) is 22.9 Å². The molecule has 0 saturated heterocycles. The number of hydrogen-bond acceptors (Lipinski definition) is 4. The predicted molar refractivity (Wildman–Crippen MR) is 130 cm³/mol. The first-order chi connectivity index (χ1) is 15.5. The Balaban J connectivity index is 1.45. The molecule has 4 rings (SSSR count). The van der Waals surface area contributed by atoms with Gasteiger partial charge in [-0.15, -0.1) is 0 Å². The Bertz CT molecular complexity index is 1150. The summed E-state index contributed by atoms with van der Waals surface area (Å²) in [5.74, 6) is 0.947. The Morgan fingerprint density at radius 1 is 0.938 bits per heavy atom. The van der Waals surface area contributed by atoms with Crippen LogP contribution in [0.2, 0.25) is 0 Å². The molecule has 6 nitrogen and oxygen atoms in total. The molecule has 2 aromatic heterocycles. The van der Waals surface area contributed by atoms with Crippen molar-refractivity contribution in [3.05, 3.63) is 102 Å². The molecule has 164 valence electrons. The quantitative estimate of drug-likeness (QED) is 0.408. The fourth-order valence-corrected chi connectivity index (χ4v) is 4.61. The Kier molecular flexibility index (Phi) is 6.66. The lowest BCUT2D eigenvalue weighted by Gasteiger charge is -2.19. The van der Waals surface area contributed by atoms with E-state index < -0.39 is 11.0 Å². The van der Waals surface area contributed by atoms with Crippen molar-refractivity contribution in [1.82, 2.24) is 14.8 Å². The topological polar surface area (TPSA) is 71.8 Å². The highest BCUT2D eigenvalue weighted by atomic mass is 32.2. The lowest BCUT2D eigenvalue weighted by atomic mass is 9.91. The van der Waals surface area contributed by atoms with Crippen LogP contribution in [0.5, 0.6) is 0 Å². The predicted octanol–water partition coefficient (Wildman–Crippen LogP) is 4.81. The molecule has 0 amide bonds. The van der Waals surface area contributed by atoms with Gasteiger partial charge in [0.05, 0.1) is 22.0 Å². The van der Waals surface area contributed by atoms with Crippen molar-refractivity contribution in [2.45, 2.75) is 24.7 Å². The molecule has 2 N–H and O–H groups in total. The van der Waals surface area contributed by atoms with Crippen LogP contribution >= 0.6 is 0 Å². The Labute approximate surface area is 191 Å². The Morgan fingerprint density at radius 3 is 2.06 bits per heavy atom. The van der Waals surface area contributed by atoms with Crippen molar-refractivity contribution in [2.75, 3.05) is 16.6 Å². The summed E-state index contributed by atoms with van der Waals surface area (Å²) in [7, 11) is 0.456. The summed E-state index contributed by atoms with van der Waals surface area (Å²) in [6.07, 6.45) is 1.65. The first kappa shape index (κ1) is 21.8. The number of nitrogens with zero attached hydrogens (tertiary/aromatic N) is 3. The molecule has 0 bridgehead atoms. The summed E-state index contributed by atoms with van der Waals surface area (Å²) in [6, 6.07) is 24.6. The van der Waals surface area contributed by atoms with E-state index in [1.807, 2.05) is 45.2 Å². The van der Waals surface area contributed by atoms with E-state index >= 15 is 0 Å². The second-order valence-electron chi connectivity index (χ2n) is 7.67. The summed E-state index contributed by atoms with van der Waals surface area (Å²) in [6.45, 7) is 4.55. The number of aryl methyl sites for hydroxylation is 2. The van der Waals surface area contributed by atoms with Crippen LogP contribution in [0.25, 0.3) is 0 Å². The van der Waals surface area contributed by atoms with Gasteiger partial charge in [-0.25, -0.2) is 9.19 Å². The van der Waals surface area contributed by atoms with Gasteiger partial charge in [-0.2, -0.15) is 5.10 Å². The van der Waals surface area contributed by atoms with Gasteiger partial charge in [-0.1, -0.05) is 60.7 Å². The van der Waals surface area contributed by atoms with Crippen molar-refractivity contribution >= 4 is 22.5 Å². The minimum atomic E-state index is -1.42. The van der Waals surface area contributed by atoms with Crippen molar-refractivity contribution in [2.24, 2.45) is 7.05 Å². The lowest BCUT2D eigenvalue weighted by Crippen LogP contribution is -2.15. The van der Waals surface area contributed by atoms with Crippen LogP contribution in [0.4, 0.5) is 11.5 Å². The van der Waals surface area contributed by atoms with Crippen LogP contribution in [0.3, 0.4) is 0 Å². The maximum Gasteiger partial charge on any atom is 0.151 e. The summed E-state index contributed by atoms with van der Waals surface area (Å²) in [5, 5.41) is 7.79. The fourth-order valence-electron chi connectivity index (χ4n) is 3.67. The highest BCUT2D eigenvalue weighted by Gasteiger charge is 2.15. The monoisotopic (exact) mass is 445 g/mol. The maximum atomic E-state index is 12.8. The number of aromatic nitrogens is 3. The normalized spacial score (nSPS) is 12.0. The number of hydrogen-bond donors (Lipinski definition) is 2. The van der Waals surface area contributed by atoms with Gasteiger partial charge >= 0.3 is 0 Å². The number of nitrogens with one attached hydrogen (secondary N) is 2.